The van der Waals surface area contributed by atoms with E-state index in [-0.39, 0.29) is 64.6 Å². The van der Waals surface area contributed by atoms with Gasteiger partial charge in [0.25, 0.3) is 15.9 Å². The van der Waals surface area contributed by atoms with Crippen LogP contribution in [0.1, 0.15) is 37.8 Å². The van der Waals surface area contributed by atoms with Crippen LogP contribution in [-0.2, 0) is 10.0 Å². The summed E-state index contributed by atoms with van der Waals surface area (Å²) in [6.45, 7) is 2.89. The van der Waals surface area contributed by atoms with Gasteiger partial charge in [-0.15, -0.1) is 0 Å². The second-order valence-electron chi connectivity index (χ2n) is 12.3. The molecule has 4 heterocycles. The van der Waals surface area contributed by atoms with E-state index in [1.807, 2.05) is 13.8 Å². The number of nitrogens with two attached hydrogens (primary N) is 1. The van der Waals surface area contributed by atoms with Crippen molar-refractivity contribution in [1.29, 1.82) is 0 Å². The van der Waals surface area contributed by atoms with Crippen LogP contribution in [-0.4, -0.2) is 92.5 Å². The molecule has 7 rings (SSSR count). The van der Waals surface area contributed by atoms with E-state index in [1.165, 1.54) is 57.1 Å². The maximum atomic E-state index is 14.3. The number of piperazine rings is 1. The highest BCUT2D eigenvalue weighted by molar-refractivity contribution is 7.90. The number of halogens is 3. The molecule has 0 saturated carbocycles. The van der Waals surface area contributed by atoms with Crippen molar-refractivity contribution in [2.75, 3.05) is 38.5 Å². The highest BCUT2D eigenvalue weighted by atomic mass is 32.2. The summed E-state index contributed by atoms with van der Waals surface area (Å²) < 4.78 is 69.3. The van der Waals surface area contributed by atoms with Crippen LogP contribution in [0, 0.1) is 13.8 Å². The number of aromatic amines is 1. The van der Waals surface area contributed by atoms with E-state index in [0.29, 0.717) is 5.69 Å². The molecule has 1 amide bonds. The van der Waals surface area contributed by atoms with Crippen molar-refractivity contribution in [2.24, 2.45) is 0 Å². The Bertz CT molecular complexity index is 2400. The Morgan fingerprint density at radius 1 is 0.940 bits per heavy atom. The Morgan fingerprint density at radius 3 is 2.36 bits per heavy atom. The van der Waals surface area contributed by atoms with Gasteiger partial charge in [-0.3, -0.25) is 14.5 Å². The van der Waals surface area contributed by atoms with Gasteiger partial charge in [0, 0.05) is 37.1 Å². The minimum atomic E-state index is -4.35. The summed E-state index contributed by atoms with van der Waals surface area (Å²) in [4.78, 5) is 37.9. The van der Waals surface area contributed by atoms with Crippen LogP contribution in [0.4, 0.5) is 19.0 Å². The number of carbonyl (C=O) groups excluding carboxylic acids is 2. The van der Waals surface area contributed by atoms with Crippen LogP contribution < -0.4 is 5.73 Å². The lowest BCUT2D eigenvalue weighted by Crippen LogP contribution is -2.50. The van der Waals surface area contributed by atoms with Crippen LogP contribution in [0.5, 0.6) is 0 Å². The molecule has 50 heavy (non-hydrogen) atoms. The van der Waals surface area contributed by atoms with Crippen molar-refractivity contribution in [2.45, 2.75) is 24.9 Å². The number of nitrogens with one attached hydrogen (secondary N) is 1. The predicted octanol–water partition coefficient (Wildman–Crippen LogP) is 4.69. The number of H-pyrrole nitrogens is 1. The number of rotatable bonds is 7. The molecule has 0 radical (unpaired) electrons. The van der Waals surface area contributed by atoms with Gasteiger partial charge in [-0.1, -0.05) is 17.7 Å². The standard InChI is InChI=1S/C34H31F3N8O4S/c1-20-3-7-25(8-4-20)50(48,49)45-29-10-5-22(33(47)43-13-11-42(12-14-43)19-34(35,36)37)15-23(29)16-30(45)31(46)26-18-39-44(32(26)38)24-6-9-27-28(17-24)41-21(2)40-27/h3-10,15-18H,11-14,19,38H2,1-2H3,(H,40,41). The monoisotopic (exact) mass is 704 g/mol. The molecule has 1 aliphatic rings. The predicted molar refractivity (Wildman–Crippen MR) is 180 cm³/mol. The Kier molecular flexibility index (Phi) is 8.02. The van der Waals surface area contributed by atoms with E-state index < -0.39 is 34.4 Å². The lowest BCUT2D eigenvalue weighted by molar-refractivity contribution is -0.148. The summed E-state index contributed by atoms with van der Waals surface area (Å²) in [5, 5.41) is 4.62. The van der Waals surface area contributed by atoms with Gasteiger partial charge >= 0.3 is 6.18 Å². The zero-order chi connectivity index (χ0) is 35.5. The zero-order valence-corrected chi connectivity index (χ0v) is 27.7. The topological polar surface area (TPSA) is 152 Å². The number of nitrogens with zero attached hydrogens (tertiary/aromatic N) is 6. The summed E-state index contributed by atoms with van der Waals surface area (Å²) >= 11 is 0. The first-order valence-corrected chi connectivity index (χ1v) is 17.0. The van der Waals surface area contributed by atoms with Crippen molar-refractivity contribution in [1.82, 2.24) is 33.5 Å². The Balaban J connectivity index is 1.27. The van der Waals surface area contributed by atoms with E-state index in [1.54, 1.807) is 30.3 Å². The smallest absolute Gasteiger partial charge is 0.383 e. The fraction of sp³-hybridized carbons (Fsp3) is 0.235. The average molecular weight is 705 g/mol. The number of aromatic nitrogens is 5. The maximum Gasteiger partial charge on any atom is 0.401 e. The fourth-order valence-corrected chi connectivity index (χ4v) is 7.75. The average Bonchev–Trinajstić information content (AvgIpc) is 3.77. The number of nitrogen functional groups attached to an aromatic ring is 1. The van der Waals surface area contributed by atoms with Gasteiger partial charge < -0.3 is 15.6 Å². The van der Waals surface area contributed by atoms with E-state index in [9.17, 15) is 31.2 Å². The van der Waals surface area contributed by atoms with Crippen LogP contribution in [0.15, 0.2) is 77.8 Å². The molecule has 1 aliphatic heterocycles. The molecule has 3 N–H and O–H groups in total. The number of benzene rings is 3. The minimum absolute atomic E-state index is 0.0179. The first kappa shape index (κ1) is 33.0. The molecule has 3 aromatic carbocycles. The van der Waals surface area contributed by atoms with Crippen LogP contribution in [0.25, 0.3) is 27.6 Å². The van der Waals surface area contributed by atoms with E-state index in [4.69, 9.17) is 5.73 Å². The summed E-state index contributed by atoms with van der Waals surface area (Å²) in [5.41, 5.74) is 9.41. The number of alkyl halides is 3. The van der Waals surface area contributed by atoms with E-state index in [0.717, 1.165) is 26.4 Å². The van der Waals surface area contributed by atoms with Crippen molar-refractivity contribution in [3.63, 3.8) is 0 Å². The number of imidazole rings is 1. The fourth-order valence-electron chi connectivity index (χ4n) is 6.23. The number of carbonyl (C=O) groups is 2. The second kappa shape index (κ2) is 12.1. The lowest BCUT2D eigenvalue weighted by atomic mass is 10.1. The molecule has 1 fully saturated rings. The molecule has 0 aliphatic carbocycles. The number of anilines is 1. The SMILES string of the molecule is Cc1ccc(S(=O)(=O)n2c(C(=O)c3cnn(-c4ccc5nc(C)[nH]c5c4)c3N)cc3cc(C(=O)N4CCN(CC(F)(F)F)CC4)ccc32)cc1. The Labute approximate surface area is 284 Å². The van der Waals surface area contributed by atoms with Gasteiger partial charge in [-0.2, -0.15) is 18.3 Å². The molecule has 0 bridgehead atoms. The molecular formula is C34H31F3N8O4S. The molecular weight excluding hydrogens is 673 g/mol. The first-order valence-electron chi connectivity index (χ1n) is 15.6. The van der Waals surface area contributed by atoms with Crippen LogP contribution in [0.3, 0.4) is 0 Å². The maximum absolute atomic E-state index is 14.3. The first-order chi connectivity index (χ1) is 23.7. The van der Waals surface area contributed by atoms with Gasteiger partial charge in [0.05, 0.1) is 45.4 Å². The van der Waals surface area contributed by atoms with Gasteiger partial charge in [-0.05, 0) is 68.4 Å². The van der Waals surface area contributed by atoms with Crippen LogP contribution in [0.2, 0.25) is 0 Å². The Hall–Kier alpha value is -5.48. The third-order valence-corrected chi connectivity index (χ3v) is 10.5. The van der Waals surface area contributed by atoms with E-state index >= 15 is 0 Å². The van der Waals surface area contributed by atoms with Gasteiger partial charge in [0.1, 0.15) is 17.3 Å². The molecule has 16 heteroatoms. The van der Waals surface area contributed by atoms with Crippen molar-refractivity contribution < 1.29 is 31.2 Å². The van der Waals surface area contributed by atoms with Gasteiger partial charge in [0.15, 0.2) is 0 Å². The molecule has 0 spiro atoms. The number of hydrogen-bond acceptors (Lipinski definition) is 8. The number of amides is 1. The molecule has 258 valence electrons. The number of hydrogen-bond donors (Lipinski definition) is 2. The van der Waals surface area contributed by atoms with Crippen molar-refractivity contribution in [3.8, 4) is 5.69 Å². The number of fused-ring (bicyclic) bond motifs is 2. The largest absolute Gasteiger partial charge is 0.401 e. The second-order valence-corrected chi connectivity index (χ2v) is 14.1. The lowest BCUT2D eigenvalue weighted by Gasteiger charge is -2.35. The summed E-state index contributed by atoms with van der Waals surface area (Å²) in [6.07, 6.45) is -3.07. The molecule has 3 aromatic heterocycles. The summed E-state index contributed by atoms with van der Waals surface area (Å²) in [6, 6.07) is 17.2. The summed E-state index contributed by atoms with van der Waals surface area (Å²) in [7, 11) is -4.35. The van der Waals surface area contributed by atoms with Gasteiger partial charge in [-0.25, -0.2) is 22.1 Å². The minimum Gasteiger partial charge on any atom is -0.383 e. The van der Waals surface area contributed by atoms with Crippen molar-refractivity contribution >= 4 is 49.5 Å². The van der Waals surface area contributed by atoms with Crippen molar-refractivity contribution in [3.05, 3.63) is 101 Å². The third kappa shape index (κ3) is 6.00. The quantitative estimate of drug-likeness (QED) is 0.227. The molecule has 6 aromatic rings. The van der Waals surface area contributed by atoms with E-state index in [2.05, 4.69) is 15.1 Å². The zero-order valence-electron chi connectivity index (χ0n) is 26.9. The molecule has 0 atom stereocenters. The number of ketones is 1. The number of aryl methyl sites for hydroxylation is 2. The highest BCUT2D eigenvalue weighted by Crippen LogP contribution is 2.31. The molecule has 0 unspecified atom stereocenters. The normalized spacial score (nSPS) is 14.5. The molecule has 12 nitrogen and oxygen atoms in total. The van der Waals surface area contributed by atoms with Crippen LogP contribution >= 0.6 is 0 Å². The summed E-state index contributed by atoms with van der Waals surface area (Å²) in [5.74, 6) is -0.434. The molecule has 1 saturated heterocycles. The van der Waals surface area contributed by atoms with Gasteiger partial charge in [0.2, 0.25) is 5.78 Å². The Morgan fingerprint density at radius 2 is 1.66 bits per heavy atom. The highest BCUT2D eigenvalue weighted by Gasteiger charge is 2.34. The third-order valence-electron chi connectivity index (χ3n) is 8.74.